The molecule has 0 saturated heterocycles. The number of carbonyl (C=O) groups excluding carboxylic acids is 2. The lowest BCUT2D eigenvalue weighted by Crippen LogP contribution is -2.49. The Kier molecular flexibility index (Phi) is 6.25. The van der Waals surface area contributed by atoms with E-state index in [2.05, 4.69) is 4.98 Å². The van der Waals surface area contributed by atoms with E-state index in [4.69, 9.17) is 10.5 Å². The molecule has 4 saturated carbocycles. The number of H-pyrrole nitrogens is 1. The van der Waals surface area contributed by atoms with Gasteiger partial charge in [0, 0.05) is 6.54 Å². The van der Waals surface area contributed by atoms with Crippen molar-refractivity contribution in [3.63, 3.8) is 0 Å². The number of amides is 1. The third-order valence-corrected chi connectivity index (χ3v) is 8.12. The fourth-order valence-electron chi connectivity index (χ4n) is 6.84. The molecule has 0 atom stereocenters. The standard InChI is InChI=1S/C26H32N4O5/c1-2-29(22-23(27)30(26(34)28-24(22)32)13-15-6-4-3-5-7-15)20(31)14-35-25(33)21-18-9-16-8-17(11-18)12-19(21)10-16/h3-7,16-19,21H,2,8-14,27H2,1H3,(H,28,32,34). The van der Waals surface area contributed by atoms with E-state index in [1.807, 2.05) is 30.3 Å². The zero-order chi connectivity index (χ0) is 24.7. The number of rotatable bonds is 7. The second-order valence-electron chi connectivity index (χ2n) is 10.3. The molecule has 1 heterocycles. The van der Waals surface area contributed by atoms with Gasteiger partial charge in [0.2, 0.25) is 0 Å². The molecule has 9 heteroatoms. The number of esters is 1. The minimum absolute atomic E-state index is 0.106. The Hall–Kier alpha value is -3.36. The van der Waals surface area contributed by atoms with Crippen LogP contribution in [-0.4, -0.2) is 34.6 Å². The van der Waals surface area contributed by atoms with Gasteiger partial charge in [0.15, 0.2) is 12.3 Å². The average Bonchev–Trinajstić information content (AvgIpc) is 2.82. The van der Waals surface area contributed by atoms with E-state index in [0.29, 0.717) is 11.8 Å². The van der Waals surface area contributed by atoms with E-state index >= 15 is 0 Å². The lowest BCUT2D eigenvalue weighted by Gasteiger charge is -2.53. The summed E-state index contributed by atoms with van der Waals surface area (Å²) in [6, 6.07) is 9.20. The van der Waals surface area contributed by atoms with Gasteiger partial charge in [-0.05, 0) is 68.3 Å². The van der Waals surface area contributed by atoms with Gasteiger partial charge >= 0.3 is 11.7 Å². The third kappa shape index (κ3) is 4.39. The number of ether oxygens (including phenoxy) is 1. The first kappa shape index (κ1) is 23.4. The number of nitrogens with one attached hydrogen (secondary N) is 1. The van der Waals surface area contributed by atoms with Crippen molar-refractivity contribution in [3.8, 4) is 0 Å². The second kappa shape index (κ2) is 9.36. The molecule has 4 aliphatic rings. The number of anilines is 2. The molecular formula is C26H32N4O5. The summed E-state index contributed by atoms with van der Waals surface area (Å²) in [6.07, 6.45) is 5.61. The molecule has 3 N–H and O–H groups in total. The highest BCUT2D eigenvalue weighted by molar-refractivity contribution is 5.97. The van der Waals surface area contributed by atoms with E-state index in [1.165, 1.54) is 15.9 Å². The molecule has 0 spiro atoms. The Morgan fingerprint density at radius 2 is 1.69 bits per heavy atom. The summed E-state index contributed by atoms with van der Waals surface area (Å²) in [6.45, 7) is 1.50. The molecule has 1 amide bonds. The second-order valence-corrected chi connectivity index (χ2v) is 10.3. The number of carbonyl (C=O) groups is 2. The molecule has 0 radical (unpaired) electrons. The highest BCUT2D eigenvalue weighted by atomic mass is 16.5. The minimum Gasteiger partial charge on any atom is -0.455 e. The van der Waals surface area contributed by atoms with Crippen molar-refractivity contribution in [2.24, 2.45) is 29.6 Å². The molecule has 6 rings (SSSR count). The van der Waals surface area contributed by atoms with E-state index < -0.39 is 23.8 Å². The van der Waals surface area contributed by atoms with Crippen molar-refractivity contribution in [2.75, 3.05) is 23.8 Å². The van der Waals surface area contributed by atoms with Crippen molar-refractivity contribution >= 4 is 23.4 Å². The van der Waals surface area contributed by atoms with Crippen LogP contribution in [-0.2, 0) is 20.9 Å². The maximum Gasteiger partial charge on any atom is 0.330 e. The number of benzene rings is 1. The van der Waals surface area contributed by atoms with E-state index in [1.54, 1.807) is 6.92 Å². The quantitative estimate of drug-likeness (QED) is 0.585. The summed E-state index contributed by atoms with van der Waals surface area (Å²) in [5.74, 6) is 1.09. The zero-order valence-corrected chi connectivity index (χ0v) is 19.9. The number of nitrogen functional groups attached to an aromatic ring is 1. The molecule has 0 aliphatic heterocycles. The van der Waals surface area contributed by atoms with Gasteiger partial charge < -0.3 is 15.4 Å². The predicted octanol–water partition coefficient (Wildman–Crippen LogP) is 2.14. The van der Waals surface area contributed by atoms with Crippen LogP contribution in [0, 0.1) is 29.6 Å². The number of aromatic nitrogens is 2. The van der Waals surface area contributed by atoms with Crippen molar-refractivity contribution in [1.29, 1.82) is 0 Å². The molecule has 2 aromatic rings. The van der Waals surface area contributed by atoms with Crippen LogP contribution in [0.3, 0.4) is 0 Å². The highest BCUT2D eigenvalue weighted by Crippen LogP contribution is 2.56. The molecule has 1 aromatic carbocycles. The number of aromatic amines is 1. The van der Waals surface area contributed by atoms with Gasteiger partial charge in [-0.15, -0.1) is 0 Å². The van der Waals surface area contributed by atoms with Gasteiger partial charge in [0.1, 0.15) is 5.82 Å². The van der Waals surface area contributed by atoms with Crippen LogP contribution in [0.1, 0.15) is 44.6 Å². The van der Waals surface area contributed by atoms with Crippen LogP contribution in [0.15, 0.2) is 39.9 Å². The van der Waals surface area contributed by atoms with Crippen LogP contribution in [0.2, 0.25) is 0 Å². The Labute approximate surface area is 203 Å². The summed E-state index contributed by atoms with van der Waals surface area (Å²) in [5, 5.41) is 0. The van der Waals surface area contributed by atoms with E-state index in [0.717, 1.165) is 43.1 Å². The fourth-order valence-corrected chi connectivity index (χ4v) is 6.84. The monoisotopic (exact) mass is 480 g/mol. The lowest BCUT2D eigenvalue weighted by molar-refractivity contribution is -0.164. The van der Waals surface area contributed by atoms with Crippen molar-refractivity contribution < 1.29 is 14.3 Å². The van der Waals surface area contributed by atoms with Gasteiger partial charge in [0.05, 0.1) is 12.5 Å². The van der Waals surface area contributed by atoms with Crippen molar-refractivity contribution in [3.05, 3.63) is 56.7 Å². The molecule has 4 aliphatic carbocycles. The Morgan fingerprint density at radius 1 is 1.06 bits per heavy atom. The number of nitrogens with zero attached hydrogens (tertiary/aromatic N) is 2. The molecule has 35 heavy (non-hydrogen) atoms. The zero-order valence-electron chi connectivity index (χ0n) is 19.9. The fraction of sp³-hybridized carbons (Fsp3) is 0.538. The maximum absolute atomic E-state index is 13.1. The number of likely N-dealkylation sites (N-methyl/N-ethyl adjacent to an activating group) is 1. The maximum atomic E-state index is 13.1. The summed E-state index contributed by atoms with van der Waals surface area (Å²) >= 11 is 0. The highest BCUT2D eigenvalue weighted by Gasteiger charge is 2.51. The minimum atomic E-state index is -0.751. The van der Waals surface area contributed by atoms with Crippen LogP contribution in [0.4, 0.5) is 11.5 Å². The van der Waals surface area contributed by atoms with Gasteiger partial charge in [-0.3, -0.25) is 23.9 Å². The summed E-state index contributed by atoms with van der Waals surface area (Å²) < 4.78 is 6.74. The summed E-state index contributed by atoms with van der Waals surface area (Å²) in [7, 11) is 0. The molecule has 4 fully saturated rings. The molecular weight excluding hydrogens is 448 g/mol. The van der Waals surface area contributed by atoms with Crippen LogP contribution < -0.4 is 21.9 Å². The van der Waals surface area contributed by atoms with Crippen molar-refractivity contribution in [1.82, 2.24) is 9.55 Å². The van der Waals surface area contributed by atoms with Crippen LogP contribution >= 0.6 is 0 Å². The third-order valence-electron chi connectivity index (χ3n) is 8.12. The van der Waals surface area contributed by atoms with Gasteiger partial charge in [0.25, 0.3) is 11.5 Å². The normalized spacial score (nSPS) is 26.5. The van der Waals surface area contributed by atoms with E-state index in [9.17, 15) is 19.2 Å². The van der Waals surface area contributed by atoms with Gasteiger partial charge in [-0.25, -0.2) is 4.79 Å². The summed E-state index contributed by atoms with van der Waals surface area (Å²) in [5.41, 5.74) is 5.54. The number of nitrogens with two attached hydrogens (primary N) is 1. The SMILES string of the molecule is CCN(C(=O)COC(=O)C1C2CC3CC(C2)CC1C3)c1c(N)n(Cc2ccccc2)c(=O)[nH]c1=O. The van der Waals surface area contributed by atoms with E-state index in [-0.39, 0.29) is 36.5 Å². The Bertz CT molecular complexity index is 1210. The van der Waals surface area contributed by atoms with Gasteiger partial charge in [-0.2, -0.15) is 0 Å². The first-order valence-corrected chi connectivity index (χ1v) is 12.5. The smallest absolute Gasteiger partial charge is 0.330 e. The lowest BCUT2D eigenvalue weighted by atomic mass is 9.52. The first-order chi connectivity index (χ1) is 16.9. The number of hydrogen-bond donors (Lipinski definition) is 2. The Balaban J connectivity index is 1.31. The molecule has 1 aromatic heterocycles. The average molecular weight is 481 g/mol. The molecule has 0 unspecified atom stereocenters. The topological polar surface area (TPSA) is 127 Å². The van der Waals surface area contributed by atoms with Crippen LogP contribution in [0.25, 0.3) is 0 Å². The van der Waals surface area contributed by atoms with Crippen molar-refractivity contribution in [2.45, 2.75) is 45.6 Å². The van der Waals surface area contributed by atoms with Gasteiger partial charge in [-0.1, -0.05) is 30.3 Å². The molecule has 4 bridgehead atoms. The first-order valence-electron chi connectivity index (χ1n) is 12.5. The number of hydrogen-bond acceptors (Lipinski definition) is 6. The predicted molar refractivity (Wildman–Crippen MR) is 131 cm³/mol. The molecule has 9 nitrogen and oxygen atoms in total. The molecule has 186 valence electrons. The summed E-state index contributed by atoms with van der Waals surface area (Å²) in [4.78, 5) is 54.6. The Morgan fingerprint density at radius 3 is 2.29 bits per heavy atom. The van der Waals surface area contributed by atoms with Crippen LogP contribution in [0.5, 0.6) is 0 Å². The largest absolute Gasteiger partial charge is 0.455 e.